The van der Waals surface area contributed by atoms with Crippen LogP contribution in [-0.2, 0) is 27.2 Å². The van der Waals surface area contributed by atoms with Gasteiger partial charge in [-0.2, -0.15) is 0 Å². The van der Waals surface area contributed by atoms with Gasteiger partial charge < -0.3 is 14.6 Å². The summed E-state index contributed by atoms with van der Waals surface area (Å²) in [4.78, 5) is 24.2. The predicted molar refractivity (Wildman–Crippen MR) is 109 cm³/mol. The minimum Gasteiger partial charge on any atom is -0.451 e. The standard InChI is InChI=1S/C22H17NO5S/c24-21(28-15-16-6-2-1-3-7-16)10-5-13-23-22(25)18-11-12-19-17(14-18)8-4-9-20(19)29(26)27/h1-4,6-9,11-12,14H,13,15H2,(H,23,25)(H,26,27). The van der Waals surface area contributed by atoms with Gasteiger partial charge in [-0.25, -0.2) is 9.00 Å². The van der Waals surface area contributed by atoms with Crippen LogP contribution in [0.5, 0.6) is 0 Å². The molecule has 0 radical (unpaired) electrons. The van der Waals surface area contributed by atoms with E-state index in [4.69, 9.17) is 4.74 Å². The van der Waals surface area contributed by atoms with Gasteiger partial charge in [0.1, 0.15) is 6.61 Å². The average Bonchev–Trinajstić information content (AvgIpc) is 2.75. The minimum absolute atomic E-state index is 0.0159. The summed E-state index contributed by atoms with van der Waals surface area (Å²) in [5, 5.41) is 3.88. The molecule has 1 unspecified atom stereocenters. The number of carbonyl (C=O) groups excluding carboxylic acids is 2. The monoisotopic (exact) mass is 407 g/mol. The lowest BCUT2D eigenvalue weighted by Gasteiger charge is -2.06. The predicted octanol–water partition coefficient (Wildman–Crippen LogP) is 2.90. The molecule has 0 aliphatic rings. The number of esters is 1. The number of carbonyl (C=O) groups is 2. The van der Waals surface area contributed by atoms with Crippen molar-refractivity contribution in [1.82, 2.24) is 5.32 Å². The first-order valence-corrected chi connectivity index (χ1v) is 9.76. The van der Waals surface area contributed by atoms with Crippen molar-refractivity contribution in [3.63, 3.8) is 0 Å². The van der Waals surface area contributed by atoms with E-state index in [0.717, 1.165) is 5.56 Å². The lowest BCUT2D eigenvalue weighted by Crippen LogP contribution is -2.23. The van der Waals surface area contributed by atoms with Crippen molar-refractivity contribution in [1.29, 1.82) is 0 Å². The molecule has 2 N–H and O–H groups in total. The first kappa shape index (κ1) is 20.3. The fourth-order valence-corrected chi connectivity index (χ4v) is 3.22. The highest BCUT2D eigenvalue weighted by Crippen LogP contribution is 2.22. The highest BCUT2D eigenvalue weighted by Gasteiger charge is 2.09. The molecule has 0 aliphatic heterocycles. The van der Waals surface area contributed by atoms with Crippen LogP contribution < -0.4 is 5.32 Å². The van der Waals surface area contributed by atoms with E-state index in [1.807, 2.05) is 30.3 Å². The van der Waals surface area contributed by atoms with Crippen molar-refractivity contribution in [2.24, 2.45) is 0 Å². The molecule has 0 aliphatic carbocycles. The fourth-order valence-electron chi connectivity index (χ4n) is 2.65. The SMILES string of the molecule is O=C(C#CCNC(=O)c1ccc2c(S(=O)O)cccc2c1)OCc1ccccc1. The van der Waals surface area contributed by atoms with E-state index < -0.39 is 17.0 Å². The Morgan fingerprint density at radius 2 is 1.83 bits per heavy atom. The summed E-state index contributed by atoms with van der Waals surface area (Å²) in [5.74, 6) is 3.84. The van der Waals surface area contributed by atoms with Gasteiger partial charge in [-0.15, -0.1) is 0 Å². The fraction of sp³-hybridized carbons (Fsp3) is 0.0909. The second-order valence-corrected chi connectivity index (χ2v) is 6.93. The van der Waals surface area contributed by atoms with Crippen molar-refractivity contribution in [3.05, 3.63) is 77.9 Å². The summed E-state index contributed by atoms with van der Waals surface area (Å²) >= 11 is -2.11. The van der Waals surface area contributed by atoms with Gasteiger partial charge >= 0.3 is 5.97 Å². The van der Waals surface area contributed by atoms with Crippen LogP contribution in [0.15, 0.2) is 71.6 Å². The first-order chi connectivity index (χ1) is 14.0. The Morgan fingerprint density at radius 1 is 1.03 bits per heavy atom. The quantitative estimate of drug-likeness (QED) is 0.294. The number of ether oxygens (including phenoxy) is 1. The second kappa shape index (κ2) is 9.64. The van der Waals surface area contributed by atoms with Crippen LogP contribution in [0.25, 0.3) is 10.8 Å². The van der Waals surface area contributed by atoms with Crippen LogP contribution in [0.1, 0.15) is 15.9 Å². The molecule has 0 fully saturated rings. The number of amides is 1. The lowest BCUT2D eigenvalue weighted by atomic mass is 10.1. The second-order valence-electron chi connectivity index (χ2n) is 5.99. The maximum Gasteiger partial charge on any atom is 0.384 e. The topological polar surface area (TPSA) is 92.7 Å². The molecular weight excluding hydrogens is 390 g/mol. The van der Waals surface area contributed by atoms with Gasteiger partial charge in [0, 0.05) is 16.9 Å². The largest absolute Gasteiger partial charge is 0.451 e. The van der Waals surface area contributed by atoms with Crippen molar-refractivity contribution in [2.75, 3.05) is 6.54 Å². The summed E-state index contributed by atoms with van der Waals surface area (Å²) in [6.45, 7) is 0.121. The van der Waals surface area contributed by atoms with Crippen LogP contribution in [0.2, 0.25) is 0 Å². The third-order valence-electron chi connectivity index (χ3n) is 4.03. The number of nitrogens with one attached hydrogen (secondary N) is 1. The molecule has 7 heteroatoms. The Morgan fingerprint density at radius 3 is 2.59 bits per heavy atom. The molecule has 3 aromatic rings. The van der Waals surface area contributed by atoms with Gasteiger partial charge in [-0.3, -0.25) is 4.79 Å². The zero-order valence-corrected chi connectivity index (χ0v) is 16.1. The molecule has 3 aromatic carbocycles. The van der Waals surface area contributed by atoms with Crippen LogP contribution in [-0.4, -0.2) is 27.2 Å². The Hall–Kier alpha value is -3.47. The summed E-state index contributed by atoms with van der Waals surface area (Å²) in [6.07, 6.45) is 0. The first-order valence-electron chi connectivity index (χ1n) is 8.66. The van der Waals surface area contributed by atoms with E-state index in [9.17, 15) is 18.4 Å². The summed E-state index contributed by atoms with van der Waals surface area (Å²) in [7, 11) is 0. The zero-order valence-electron chi connectivity index (χ0n) is 15.3. The highest BCUT2D eigenvalue weighted by molar-refractivity contribution is 7.79. The van der Waals surface area contributed by atoms with Gasteiger partial charge in [0.25, 0.3) is 5.91 Å². The van der Waals surface area contributed by atoms with E-state index in [2.05, 4.69) is 17.2 Å². The molecular formula is C22H17NO5S. The summed E-state index contributed by atoms with van der Waals surface area (Å²) in [5.41, 5.74) is 1.24. The van der Waals surface area contributed by atoms with Crippen molar-refractivity contribution >= 4 is 33.7 Å². The Balaban J connectivity index is 1.55. The van der Waals surface area contributed by atoms with E-state index in [0.29, 0.717) is 16.3 Å². The Kier molecular flexibility index (Phi) is 6.74. The maximum absolute atomic E-state index is 12.3. The van der Waals surface area contributed by atoms with Gasteiger partial charge in [0.15, 0.2) is 11.1 Å². The van der Waals surface area contributed by atoms with Crippen molar-refractivity contribution < 1.29 is 23.1 Å². The molecule has 29 heavy (non-hydrogen) atoms. The van der Waals surface area contributed by atoms with E-state index in [1.165, 1.54) is 0 Å². The molecule has 146 valence electrons. The lowest BCUT2D eigenvalue weighted by molar-refractivity contribution is -0.137. The van der Waals surface area contributed by atoms with Crippen LogP contribution in [0.4, 0.5) is 0 Å². The van der Waals surface area contributed by atoms with Crippen molar-refractivity contribution in [2.45, 2.75) is 11.5 Å². The van der Waals surface area contributed by atoms with Crippen LogP contribution in [0.3, 0.4) is 0 Å². The average molecular weight is 407 g/mol. The molecule has 1 amide bonds. The zero-order chi connectivity index (χ0) is 20.6. The molecule has 6 nitrogen and oxygen atoms in total. The molecule has 0 heterocycles. The van der Waals surface area contributed by atoms with Crippen LogP contribution >= 0.6 is 0 Å². The Bertz CT molecular complexity index is 1130. The van der Waals surface area contributed by atoms with E-state index in [-0.39, 0.29) is 24.0 Å². The summed E-state index contributed by atoms with van der Waals surface area (Å²) < 4.78 is 25.7. The summed E-state index contributed by atoms with van der Waals surface area (Å²) in [6, 6.07) is 19.0. The number of fused-ring (bicyclic) bond motifs is 1. The van der Waals surface area contributed by atoms with E-state index in [1.54, 1.807) is 36.4 Å². The third kappa shape index (κ3) is 5.51. The maximum atomic E-state index is 12.3. The molecule has 0 bridgehead atoms. The molecule has 0 saturated carbocycles. The molecule has 0 aromatic heterocycles. The van der Waals surface area contributed by atoms with E-state index >= 15 is 0 Å². The smallest absolute Gasteiger partial charge is 0.384 e. The molecule has 0 spiro atoms. The number of rotatable bonds is 5. The highest BCUT2D eigenvalue weighted by atomic mass is 32.2. The third-order valence-corrected chi connectivity index (χ3v) is 4.76. The molecule has 0 saturated heterocycles. The van der Waals surface area contributed by atoms with Gasteiger partial charge in [0.2, 0.25) is 0 Å². The van der Waals surface area contributed by atoms with Gasteiger partial charge in [-0.05, 0) is 29.1 Å². The van der Waals surface area contributed by atoms with Crippen LogP contribution in [0, 0.1) is 11.8 Å². The molecule has 3 rings (SSSR count). The van der Waals surface area contributed by atoms with Gasteiger partial charge in [0.05, 0.1) is 11.4 Å². The van der Waals surface area contributed by atoms with Gasteiger partial charge in [-0.1, -0.05) is 54.5 Å². The number of hydrogen-bond acceptors (Lipinski definition) is 4. The number of benzene rings is 3. The normalized spacial score (nSPS) is 11.2. The van der Waals surface area contributed by atoms with Crippen molar-refractivity contribution in [3.8, 4) is 11.8 Å². The number of hydrogen-bond donors (Lipinski definition) is 2. The molecule has 1 atom stereocenters. The Labute approximate surface area is 170 Å². The minimum atomic E-state index is -2.11.